The summed E-state index contributed by atoms with van der Waals surface area (Å²) in [4.78, 5) is 71.9. The quantitative estimate of drug-likeness (QED) is 0.139. The summed E-state index contributed by atoms with van der Waals surface area (Å²) in [5, 5.41) is 16.7. The van der Waals surface area contributed by atoms with Gasteiger partial charge in [0.25, 0.3) is 0 Å². The molecule has 1 aromatic carbocycles. The van der Waals surface area contributed by atoms with E-state index in [9.17, 15) is 33.9 Å². The second kappa shape index (κ2) is 14.3. The topological polar surface area (TPSA) is 237 Å². The van der Waals surface area contributed by atoms with E-state index in [1.54, 1.807) is 30.3 Å². The summed E-state index contributed by atoms with van der Waals surface area (Å²) < 4.78 is 0. The first-order valence-electron chi connectivity index (χ1n) is 10.9. The van der Waals surface area contributed by atoms with Crippen molar-refractivity contribution in [1.29, 1.82) is 0 Å². The van der Waals surface area contributed by atoms with Crippen molar-refractivity contribution < 1.29 is 33.9 Å². The minimum Gasteiger partial charge on any atom is -0.480 e. The molecule has 1 rings (SSSR count). The zero-order valence-electron chi connectivity index (χ0n) is 19.4. The summed E-state index contributed by atoms with van der Waals surface area (Å²) in [5.41, 5.74) is 16.5. The molecule has 0 aliphatic heterocycles. The Labute approximate surface area is 202 Å². The highest BCUT2D eigenvalue weighted by atomic mass is 16.4. The highest BCUT2D eigenvalue weighted by molar-refractivity contribution is 5.94. The number of benzene rings is 1. The number of carbonyl (C=O) groups is 6. The Balaban J connectivity index is 3.03. The molecule has 0 saturated heterocycles. The van der Waals surface area contributed by atoms with E-state index in [4.69, 9.17) is 17.2 Å². The van der Waals surface area contributed by atoms with E-state index in [1.165, 1.54) is 6.92 Å². The lowest BCUT2D eigenvalue weighted by atomic mass is 10.0. The van der Waals surface area contributed by atoms with Gasteiger partial charge in [-0.2, -0.15) is 0 Å². The zero-order valence-corrected chi connectivity index (χ0v) is 19.4. The maximum Gasteiger partial charge on any atom is 0.326 e. The molecule has 0 aromatic heterocycles. The van der Waals surface area contributed by atoms with Gasteiger partial charge in [0, 0.05) is 19.3 Å². The van der Waals surface area contributed by atoms with Crippen LogP contribution in [0.15, 0.2) is 30.3 Å². The van der Waals surface area contributed by atoms with Crippen molar-refractivity contribution in [3.8, 4) is 0 Å². The maximum absolute atomic E-state index is 12.9. The minimum absolute atomic E-state index is 0.0237. The molecule has 13 nitrogen and oxygen atoms in total. The van der Waals surface area contributed by atoms with Crippen molar-refractivity contribution >= 4 is 35.5 Å². The molecule has 5 amide bonds. The lowest BCUT2D eigenvalue weighted by Gasteiger charge is -2.24. The number of aliphatic carboxylic acids is 1. The predicted molar refractivity (Wildman–Crippen MR) is 124 cm³/mol. The fourth-order valence-electron chi connectivity index (χ4n) is 3.01. The van der Waals surface area contributed by atoms with Crippen molar-refractivity contribution in [1.82, 2.24) is 16.0 Å². The fourth-order valence-corrected chi connectivity index (χ4v) is 3.01. The van der Waals surface area contributed by atoms with Crippen molar-refractivity contribution in [3.63, 3.8) is 0 Å². The normalized spacial score (nSPS) is 14.0. The number of carboxylic acid groups (broad SMARTS) is 1. The second-order valence-corrected chi connectivity index (χ2v) is 8.01. The summed E-state index contributed by atoms with van der Waals surface area (Å²) in [6.07, 6.45) is -0.950. The Morgan fingerprint density at radius 3 is 1.60 bits per heavy atom. The van der Waals surface area contributed by atoms with Crippen molar-refractivity contribution in [2.75, 3.05) is 0 Å². The standard InChI is InChI=1S/C22H32N6O7/c1-12(23)19(31)26-14(7-9-17(24)29)20(32)27-15(8-10-18(25)30)21(33)28-16(22(34)35)11-13-5-3-2-4-6-13/h2-6,12,14-16H,7-11,23H2,1H3,(H2,24,29)(H2,25,30)(H,26,31)(H,27,32)(H,28,33)(H,34,35). The SMILES string of the molecule is CC(N)C(=O)NC(CCC(N)=O)C(=O)NC(CCC(N)=O)C(=O)NC(Cc1ccccc1)C(=O)O. The summed E-state index contributed by atoms with van der Waals surface area (Å²) in [6.45, 7) is 1.39. The first kappa shape index (κ1) is 29.0. The Hall–Kier alpha value is -4.00. The van der Waals surface area contributed by atoms with Crippen LogP contribution < -0.4 is 33.2 Å². The summed E-state index contributed by atoms with van der Waals surface area (Å²) in [7, 11) is 0. The van der Waals surface area contributed by atoms with E-state index < -0.39 is 59.7 Å². The van der Waals surface area contributed by atoms with E-state index in [1.807, 2.05) is 0 Å². The van der Waals surface area contributed by atoms with E-state index >= 15 is 0 Å². The van der Waals surface area contributed by atoms with Crippen LogP contribution >= 0.6 is 0 Å². The van der Waals surface area contributed by atoms with Gasteiger partial charge in [-0.1, -0.05) is 30.3 Å². The van der Waals surface area contributed by atoms with E-state index in [2.05, 4.69) is 16.0 Å². The molecule has 1 aromatic rings. The summed E-state index contributed by atoms with van der Waals surface area (Å²) in [6, 6.07) is 3.69. The fraction of sp³-hybridized carbons (Fsp3) is 0.455. The third kappa shape index (κ3) is 11.1. The molecule has 0 aliphatic rings. The molecule has 4 unspecified atom stereocenters. The van der Waals surface area contributed by atoms with Crippen molar-refractivity contribution in [2.45, 2.75) is 63.2 Å². The molecule has 0 saturated carbocycles. The molecule has 13 heteroatoms. The highest BCUT2D eigenvalue weighted by Gasteiger charge is 2.30. The Morgan fingerprint density at radius 2 is 1.20 bits per heavy atom. The number of nitrogens with one attached hydrogen (secondary N) is 3. The number of rotatable bonds is 15. The van der Waals surface area contributed by atoms with E-state index in [0.717, 1.165) is 0 Å². The molecule has 0 heterocycles. The number of hydrogen-bond donors (Lipinski definition) is 7. The van der Waals surface area contributed by atoms with Gasteiger partial charge in [-0.05, 0) is 25.3 Å². The van der Waals surface area contributed by atoms with Crippen LogP contribution in [0.4, 0.5) is 0 Å². The Bertz CT molecular complexity index is 922. The molecule has 0 aliphatic carbocycles. The van der Waals surface area contributed by atoms with Gasteiger partial charge in [0.2, 0.25) is 29.5 Å². The summed E-state index contributed by atoms with van der Waals surface area (Å²) in [5.74, 6) is -5.15. The van der Waals surface area contributed by atoms with Gasteiger partial charge in [-0.3, -0.25) is 24.0 Å². The van der Waals surface area contributed by atoms with E-state index in [-0.39, 0.29) is 32.1 Å². The lowest BCUT2D eigenvalue weighted by molar-refractivity contribution is -0.142. The molecule has 10 N–H and O–H groups in total. The van der Waals surface area contributed by atoms with E-state index in [0.29, 0.717) is 5.56 Å². The first-order chi connectivity index (χ1) is 16.4. The van der Waals surface area contributed by atoms with Gasteiger partial charge in [-0.15, -0.1) is 0 Å². The van der Waals surface area contributed by atoms with Gasteiger partial charge in [0.05, 0.1) is 6.04 Å². The van der Waals surface area contributed by atoms with Crippen LogP contribution in [0.3, 0.4) is 0 Å². The third-order valence-corrected chi connectivity index (χ3v) is 4.94. The van der Waals surface area contributed by atoms with Crippen molar-refractivity contribution in [2.24, 2.45) is 17.2 Å². The number of carbonyl (C=O) groups excluding carboxylic acids is 5. The van der Waals surface area contributed by atoms with Gasteiger partial charge in [0.15, 0.2) is 0 Å². The average Bonchev–Trinajstić information content (AvgIpc) is 2.78. The smallest absolute Gasteiger partial charge is 0.326 e. The minimum atomic E-state index is -1.35. The molecular weight excluding hydrogens is 460 g/mol. The largest absolute Gasteiger partial charge is 0.480 e. The molecular formula is C22H32N6O7. The third-order valence-electron chi connectivity index (χ3n) is 4.94. The van der Waals surface area contributed by atoms with Crippen LogP contribution in [0.5, 0.6) is 0 Å². The van der Waals surface area contributed by atoms with Crippen LogP contribution in [-0.4, -0.2) is 64.8 Å². The Morgan fingerprint density at radius 1 is 0.771 bits per heavy atom. The van der Waals surface area contributed by atoms with Gasteiger partial charge in [-0.25, -0.2) is 4.79 Å². The van der Waals surface area contributed by atoms with Crippen LogP contribution in [-0.2, 0) is 35.2 Å². The van der Waals surface area contributed by atoms with Crippen LogP contribution in [0.2, 0.25) is 0 Å². The van der Waals surface area contributed by atoms with Crippen molar-refractivity contribution in [3.05, 3.63) is 35.9 Å². The van der Waals surface area contributed by atoms with Crippen LogP contribution in [0, 0.1) is 0 Å². The van der Waals surface area contributed by atoms with Crippen LogP contribution in [0.25, 0.3) is 0 Å². The molecule has 0 fully saturated rings. The number of hydrogen-bond acceptors (Lipinski definition) is 7. The second-order valence-electron chi connectivity index (χ2n) is 8.01. The van der Waals surface area contributed by atoms with Gasteiger partial charge in [0.1, 0.15) is 18.1 Å². The predicted octanol–water partition coefficient (Wildman–Crippen LogP) is -2.35. The number of amides is 5. The first-order valence-corrected chi connectivity index (χ1v) is 10.9. The molecule has 0 bridgehead atoms. The highest BCUT2D eigenvalue weighted by Crippen LogP contribution is 2.07. The van der Waals surface area contributed by atoms with Gasteiger partial charge < -0.3 is 38.3 Å². The number of nitrogens with two attached hydrogens (primary N) is 3. The number of primary amides is 2. The molecule has 192 valence electrons. The number of carboxylic acids is 1. The molecule has 4 atom stereocenters. The molecule has 35 heavy (non-hydrogen) atoms. The summed E-state index contributed by atoms with van der Waals surface area (Å²) >= 11 is 0. The molecule has 0 spiro atoms. The van der Waals surface area contributed by atoms with Gasteiger partial charge >= 0.3 is 5.97 Å². The zero-order chi connectivity index (χ0) is 26.5. The van der Waals surface area contributed by atoms with Crippen LogP contribution in [0.1, 0.15) is 38.2 Å². The molecule has 0 radical (unpaired) electrons. The maximum atomic E-state index is 12.9. The lowest BCUT2D eigenvalue weighted by Crippen LogP contribution is -2.57. The average molecular weight is 493 g/mol. The monoisotopic (exact) mass is 492 g/mol. The Kier molecular flexibility index (Phi) is 11.9.